The predicted octanol–water partition coefficient (Wildman–Crippen LogP) is 5.24. The van der Waals surface area contributed by atoms with E-state index in [0.717, 1.165) is 27.6 Å². The van der Waals surface area contributed by atoms with Crippen LogP contribution in [-0.4, -0.2) is 26.6 Å². The Bertz CT molecular complexity index is 1160. The number of alkyl halides is 3. The molecule has 0 bridgehead atoms. The Hall–Kier alpha value is -3.55. The summed E-state index contributed by atoms with van der Waals surface area (Å²) in [5, 5.41) is 21.1. The third kappa shape index (κ3) is 4.31. The molecule has 0 radical (unpaired) electrons. The molecule has 0 aliphatic heterocycles. The van der Waals surface area contributed by atoms with Crippen LogP contribution in [0.25, 0.3) is 22.0 Å². The van der Waals surface area contributed by atoms with E-state index in [-0.39, 0.29) is 5.56 Å². The maximum absolute atomic E-state index is 12.5. The number of fused-ring (bicyclic) bond motifs is 1. The summed E-state index contributed by atoms with van der Waals surface area (Å²) in [5.74, 6) is 0.522. The van der Waals surface area contributed by atoms with Crippen molar-refractivity contribution < 1.29 is 13.2 Å². The summed E-state index contributed by atoms with van der Waals surface area (Å²) in [6.45, 7) is 1.97. The molecule has 0 saturated carbocycles. The van der Waals surface area contributed by atoms with Gasteiger partial charge < -0.3 is 5.32 Å². The molecule has 8 heteroatoms. The zero-order valence-electron chi connectivity index (χ0n) is 15.4. The minimum absolute atomic E-state index is 0.205. The van der Waals surface area contributed by atoms with Crippen molar-refractivity contribution in [2.24, 2.45) is 0 Å². The average Bonchev–Trinajstić information content (AvgIpc) is 2.68. The zero-order valence-corrected chi connectivity index (χ0v) is 15.4. The van der Waals surface area contributed by atoms with Crippen molar-refractivity contribution >= 4 is 22.3 Å². The molecule has 0 spiro atoms. The molecule has 0 aliphatic rings. The first-order chi connectivity index (χ1) is 13.9. The number of hydrogen-bond donors (Lipinski definition) is 1. The zero-order chi connectivity index (χ0) is 20.4. The van der Waals surface area contributed by atoms with E-state index in [1.807, 2.05) is 31.2 Å². The fourth-order valence-electron chi connectivity index (χ4n) is 3.08. The van der Waals surface area contributed by atoms with Crippen LogP contribution in [0.1, 0.15) is 11.1 Å². The summed E-state index contributed by atoms with van der Waals surface area (Å²) in [5.41, 5.74) is 3.56. The minimum atomic E-state index is -4.23. The van der Waals surface area contributed by atoms with E-state index < -0.39 is 12.6 Å². The lowest BCUT2D eigenvalue weighted by atomic mass is 10.0. The van der Waals surface area contributed by atoms with Crippen molar-refractivity contribution in [3.63, 3.8) is 0 Å². The van der Waals surface area contributed by atoms with Crippen LogP contribution in [0.5, 0.6) is 0 Å². The molecule has 2 aromatic carbocycles. The minimum Gasteiger partial charge on any atom is -0.338 e. The molecule has 0 aliphatic carbocycles. The van der Waals surface area contributed by atoms with Gasteiger partial charge in [-0.15, -0.1) is 5.10 Å². The number of rotatable bonds is 4. The number of aryl methyl sites for hydroxylation is 1. The lowest BCUT2D eigenvalue weighted by Gasteiger charge is -2.11. The van der Waals surface area contributed by atoms with E-state index in [0.29, 0.717) is 11.5 Å². The standard InChI is InChI=1S/C21H16F3N5/c1-13-8-9-25-28-19(13)15-4-7-18-16(10-15)12-26-29-20(18)27-17-5-2-14(3-6-17)11-21(22,23)24/h2-10,12H,11H2,1H3,(H,27,29). The third-order valence-electron chi connectivity index (χ3n) is 4.48. The molecule has 2 aromatic heterocycles. The highest BCUT2D eigenvalue weighted by molar-refractivity contribution is 5.95. The van der Waals surface area contributed by atoms with Crippen LogP contribution in [0.2, 0.25) is 0 Å². The monoisotopic (exact) mass is 395 g/mol. The highest BCUT2D eigenvalue weighted by Gasteiger charge is 2.27. The first-order valence-corrected chi connectivity index (χ1v) is 8.86. The predicted molar refractivity (Wildman–Crippen MR) is 105 cm³/mol. The van der Waals surface area contributed by atoms with Crippen molar-refractivity contribution in [2.45, 2.75) is 19.5 Å². The number of benzene rings is 2. The lowest BCUT2D eigenvalue weighted by Crippen LogP contribution is -2.11. The van der Waals surface area contributed by atoms with Crippen LogP contribution in [-0.2, 0) is 6.42 Å². The molecule has 2 heterocycles. The summed E-state index contributed by atoms with van der Waals surface area (Å²) in [4.78, 5) is 0. The Labute approximate surface area is 164 Å². The number of hydrogen-bond acceptors (Lipinski definition) is 5. The molecule has 0 unspecified atom stereocenters. The molecule has 1 N–H and O–H groups in total. The van der Waals surface area contributed by atoms with Crippen molar-refractivity contribution in [1.82, 2.24) is 20.4 Å². The molecule has 5 nitrogen and oxygen atoms in total. The van der Waals surface area contributed by atoms with Gasteiger partial charge in [-0.2, -0.15) is 28.5 Å². The van der Waals surface area contributed by atoms with E-state index in [2.05, 4.69) is 25.7 Å². The van der Waals surface area contributed by atoms with Gasteiger partial charge in [0.15, 0.2) is 5.82 Å². The van der Waals surface area contributed by atoms with Crippen molar-refractivity contribution in [3.8, 4) is 11.3 Å². The van der Waals surface area contributed by atoms with E-state index in [1.165, 1.54) is 12.1 Å². The van der Waals surface area contributed by atoms with Crippen LogP contribution >= 0.6 is 0 Å². The molecule has 29 heavy (non-hydrogen) atoms. The van der Waals surface area contributed by atoms with Crippen LogP contribution in [0.3, 0.4) is 0 Å². The normalized spacial score (nSPS) is 11.6. The fraction of sp³-hybridized carbons (Fsp3) is 0.143. The quantitative estimate of drug-likeness (QED) is 0.512. The molecule has 0 atom stereocenters. The largest absolute Gasteiger partial charge is 0.393 e. The number of nitrogens with one attached hydrogen (secondary N) is 1. The maximum atomic E-state index is 12.5. The van der Waals surface area contributed by atoms with Crippen LogP contribution < -0.4 is 5.32 Å². The Kier molecular flexibility index (Phi) is 4.84. The number of halogens is 3. The Balaban J connectivity index is 1.62. The van der Waals surface area contributed by atoms with Gasteiger partial charge in [-0.05, 0) is 48.4 Å². The second-order valence-electron chi connectivity index (χ2n) is 6.67. The van der Waals surface area contributed by atoms with Gasteiger partial charge >= 0.3 is 6.18 Å². The van der Waals surface area contributed by atoms with E-state index in [4.69, 9.17) is 0 Å². The second kappa shape index (κ2) is 7.46. The molecular weight excluding hydrogens is 379 g/mol. The molecule has 0 fully saturated rings. The highest BCUT2D eigenvalue weighted by Crippen LogP contribution is 2.29. The molecular formula is C21H16F3N5. The van der Waals surface area contributed by atoms with Crippen molar-refractivity contribution in [2.75, 3.05) is 5.32 Å². The Morgan fingerprint density at radius 3 is 2.45 bits per heavy atom. The van der Waals surface area contributed by atoms with Gasteiger partial charge in [0.2, 0.25) is 0 Å². The highest BCUT2D eigenvalue weighted by atomic mass is 19.4. The van der Waals surface area contributed by atoms with Gasteiger partial charge in [0.1, 0.15) is 0 Å². The molecule has 4 rings (SSSR count). The van der Waals surface area contributed by atoms with Gasteiger partial charge in [-0.1, -0.05) is 18.2 Å². The summed E-state index contributed by atoms with van der Waals surface area (Å²) in [6.07, 6.45) is -1.88. The lowest BCUT2D eigenvalue weighted by molar-refractivity contribution is -0.127. The van der Waals surface area contributed by atoms with Crippen molar-refractivity contribution in [3.05, 3.63) is 72.1 Å². The molecule has 146 valence electrons. The van der Waals surface area contributed by atoms with Gasteiger partial charge in [0.25, 0.3) is 0 Å². The third-order valence-corrected chi connectivity index (χ3v) is 4.48. The first-order valence-electron chi connectivity index (χ1n) is 8.86. The molecule has 4 aromatic rings. The smallest absolute Gasteiger partial charge is 0.338 e. The molecule has 0 amide bonds. The first kappa shape index (κ1) is 18.8. The summed E-state index contributed by atoms with van der Waals surface area (Å²) < 4.78 is 37.5. The SMILES string of the molecule is Cc1ccnnc1-c1ccc2c(Nc3ccc(CC(F)(F)F)cc3)nncc2c1. The van der Waals surface area contributed by atoms with Gasteiger partial charge in [-0.25, -0.2) is 0 Å². The Morgan fingerprint density at radius 2 is 1.72 bits per heavy atom. The Morgan fingerprint density at radius 1 is 0.931 bits per heavy atom. The summed E-state index contributed by atoms with van der Waals surface area (Å²) in [6, 6.07) is 13.8. The second-order valence-corrected chi connectivity index (χ2v) is 6.67. The van der Waals surface area contributed by atoms with E-state index in [1.54, 1.807) is 24.5 Å². The average molecular weight is 395 g/mol. The summed E-state index contributed by atoms with van der Waals surface area (Å²) >= 11 is 0. The number of nitrogens with zero attached hydrogens (tertiary/aromatic N) is 4. The van der Waals surface area contributed by atoms with E-state index >= 15 is 0 Å². The van der Waals surface area contributed by atoms with Gasteiger partial charge in [0.05, 0.1) is 18.3 Å². The van der Waals surface area contributed by atoms with E-state index in [9.17, 15) is 13.2 Å². The van der Waals surface area contributed by atoms with Gasteiger partial charge in [-0.3, -0.25) is 0 Å². The van der Waals surface area contributed by atoms with Crippen LogP contribution in [0.4, 0.5) is 24.7 Å². The van der Waals surface area contributed by atoms with Gasteiger partial charge in [0, 0.05) is 28.2 Å². The maximum Gasteiger partial charge on any atom is 0.393 e. The topological polar surface area (TPSA) is 63.6 Å². The molecule has 0 saturated heterocycles. The number of anilines is 2. The van der Waals surface area contributed by atoms with Crippen LogP contribution in [0.15, 0.2) is 60.9 Å². The fourth-order valence-corrected chi connectivity index (χ4v) is 3.08. The van der Waals surface area contributed by atoms with Crippen LogP contribution in [0, 0.1) is 6.92 Å². The summed E-state index contributed by atoms with van der Waals surface area (Å²) in [7, 11) is 0. The van der Waals surface area contributed by atoms with Crippen molar-refractivity contribution in [1.29, 1.82) is 0 Å². The number of aromatic nitrogens is 4.